The van der Waals surface area contributed by atoms with Crippen LogP contribution in [0.3, 0.4) is 0 Å². The zero-order valence-corrected chi connectivity index (χ0v) is 21.2. The Morgan fingerprint density at radius 2 is 1.97 bits per heavy atom. The van der Waals surface area contributed by atoms with Crippen LogP contribution in [0.1, 0.15) is 40.3 Å². The minimum Gasteiger partial charge on any atom is -0.434 e. The molecule has 4 aromatic rings. The summed E-state index contributed by atoms with van der Waals surface area (Å²) in [5.74, 6) is 0.461. The van der Waals surface area contributed by atoms with Gasteiger partial charge in [0, 0.05) is 35.6 Å². The number of nitrogens with zero attached hydrogens (tertiary/aromatic N) is 4. The maximum Gasteiger partial charge on any atom is 0.387 e. The van der Waals surface area contributed by atoms with E-state index < -0.39 is 22.4 Å². The summed E-state index contributed by atoms with van der Waals surface area (Å²) in [6, 6.07) is 12.8. The number of pyridine rings is 1. The Balaban J connectivity index is 1.55. The Kier molecular flexibility index (Phi) is 5.50. The summed E-state index contributed by atoms with van der Waals surface area (Å²) in [5, 5.41) is 0.201. The molecule has 12 heteroatoms. The highest BCUT2D eigenvalue weighted by Gasteiger charge is 2.45. The highest BCUT2D eigenvalue weighted by molar-refractivity contribution is 7.91. The predicted molar refractivity (Wildman–Crippen MR) is 137 cm³/mol. The van der Waals surface area contributed by atoms with E-state index in [1.165, 1.54) is 18.4 Å². The summed E-state index contributed by atoms with van der Waals surface area (Å²) in [5.41, 5.74) is 3.77. The Bertz CT molecular complexity index is 1670. The number of rotatable bonds is 5. The molecule has 2 bridgehead atoms. The number of alkyl halides is 2. The van der Waals surface area contributed by atoms with E-state index in [1.807, 2.05) is 22.8 Å². The van der Waals surface area contributed by atoms with Gasteiger partial charge in [0.05, 0.1) is 38.7 Å². The molecule has 2 aromatic carbocycles. The van der Waals surface area contributed by atoms with Gasteiger partial charge >= 0.3 is 6.61 Å². The molecule has 0 radical (unpaired) electrons. The number of thiol groups is 1. The van der Waals surface area contributed by atoms with Gasteiger partial charge in [-0.2, -0.15) is 21.4 Å². The molecule has 190 valence electrons. The minimum atomic E-state index is -3.04. The van der Waals surface area contributed by atoms with Crippen LogP contribution in [0.5, 0.6) is 5.75 Å². The van der Waals surface area contributed by atoms with Gasteiger partial charge in [0.1, 0.15) is 16.6 Å². The molecule has 1 amide bonds. The van der Waals surface area contributed by atoms with Crippen LogP contribution in [0, 0.1) is 4.78 Å². The Morgan fingerprint density at radius 1 is 1.19 bits per heavy atom. The number of carbonyl (C=O) groups is 1. The number of nitrogens with one attached hydrogen (secondary N) is 1. The first-order chi connectivity index (χ1) is 17.7. The average Bonchev–Trinajstić information content (AvgIpc) is 3.37. The lowest BCUT2D eigenvalue weighted by Gasteiger charge is -2.26. The summed E-state index contributed by atoms with van der Waals surface area (Å²) < 4.78 is 53.2. The molecule has 3 atom stereocenters. The molecule has 37 heavy (non-hydrogen) atoms. The second kappa shape index (κ2) is 8.52. The van der Waals surface area contributed by atoms with Gasteiger partial charge in [-0.1, -0.05) is 18.2 Å². The van der Waals surface area contributed by atoms with Crippen LogP contribution in [0.15, 0.2) is 59.8 Å². The fraction of sp³-hybridized carbons (Fsp3) is 0.240. The van der Waals surface area contributed by atoms with Gasteiger partial charge in [-0.05, 0) is 35.9 Å². The largest absolute Gasteiger partial charge is 0.434 e. The number of hydrogen-bond acceptors (Lipinski definition) is 7. The second-order valence-electron chi connectivity index (χ2n) is 9.05. The van der Waals surface area contributed by atoms with Crippen LogP contribution in [0.25, 0.3) is 22.2 Å². The molecule has 0 fully saturated rings. The van der Waals surface area contributed by atoms with Crippen molar-refractivity contribution in [2.45, 2.75) is 30.1 Å². The molecule has 0 saturated heterocycles. The quantitative estimate of drug-likeness (QED) is 0.342. The fourth-order valence-electron chi connectivity index (χ4n) is 5.30. The number of carbonyl (C=O) groups excluding carboxylic acids is 1. The summed E-state index contributed by atoms with van der Waals surface area (Å²) in [6.07, 6.45) is 3.35. The van der Waals surface area contributed by atoms with E-state index in [2.05, 4.69) is 17.6 Å². The normalized spacial score (nSPS) is 20.0. The summed E-state index contributed by atoms with van der Waals surface area (Å²) in [6.45, 7) is -3.04. The standard InChI is InChI=1S/C25H21F2N5O3S2/c1-37(28,34)21-8-6-14(11-29-21)13-5-7-16-17(9-13)32-18-10-19(23(32)30-16)31(12-36)24(33)15-3-2-4-20(22(15)18)35-25(26)27/h2-9,11,18-19,25,28,36H,10,12H2,1H3/t18-,19+,37?/m0/s1. The van der Waals surface area contributed by atoms with Crippen LogP contribution in [-0.4, -0.2) is 48.3 Å². The van der Waals surface area contributed by atoms with Crippen molar-refractivity contribution in [3.8, 4) is 16.9 Å². The smallest absolute Gasteiger partial charge is 0.387 e. The van der Waals surface area contributed by atoms with E-state index >= 15 is 0 Å². The van der Waals surface area contributed by atoms with E-state index in [0.717, 1.165) is 16.6 Å². The van der Waals surface area contributed by atoms with Crippen LogP contribution >= 0.6 is 12.6 Å². The molecular formula is C25H21F2N5O3S2. The molecule has 4 heterocycles. The van der Waals surface area contributed by atoms with Crippen LogP contribution in [0.4, 0.5) is 8.78 Å². The molecule has 0 saturated carbocycles. The number of ether oxygens (including phenoxy) is 1. The Morgan fingerprint density at radius 3 is 2.65 bits per heavy atom. The molecule has 2 aliphatic heterocycles. The highest BCUT2D eigenvalue weighted by Crippen LogP contribution is 2.50. The summed E-state index contributed by atoms with van der Waals surface area (Å²) >= 11 is 4.40. The number of halogens is 2. The first-order valence-corrected chi connectivity index (χ1v) is 14.0. The van der Waals surface area contributed by atoms with E-state index in [1.54, 1.807) is 29.3 Å². The van der Waals surface area contributed by atoms with Crippen LogP contribution in [-0.2, 0) is 9.73 Å². The van der Waals surface area contributed by atoms with Crippen molar-refractivity contribution in [3.05, 3.63) is 71.7 Å². The number of benzene rings is 2. The van der Waals surface area contributed by atoms with Gasteiger partial charge in [0.15, 0.2) is 0 Å². The molecule has 1 unspecified atom stereocenters. The van der Waals surface area contributed by atoms with Gasteiger partial charge < -0.3 is 14.2 Å². The minimum absolute atomic E-state index is 0.0326. The first kappa shape index (κ1) is 23.9. The Labute approximate surface area is 216 Å². The zero-order chi connectivity index (χ0) is 26.1. The fourth-order valence-corrected chi connectivity index (χ4v) is 6.21. The van der Waals surface area contributed by atoms with Crippen molar-refractivity contribution in [1.82, 2.24) is 19.4 Å². The molecule has 6 rings (SSSR count). The van der Waals surface area contributed by atoms with Gasteiger partial charge in [-0.25, -0.2) is 19.0 Å². The van der Waals surface area contributed by atoms with Crippen LogP contribution in [0.2, 0.25) is 0 Å². The van der Waals surface area contributed by atoms with E-state index in [-0.39, 0.29) is 28.6 Å². The van der Waals surface area contributed by atoms with Crippen molar-refractivity contribution in [1.29, 1.82) is 4.78 Å². The highest BCUT2D eigenvalue weighted by atomic mass is 32.2. The lowest BCUT2D eigenvalue weighted by molar-refractivity contribution is -0.0507. The molecular weight excluding hydrogens is 520 g/mol. The lowest BCUT2D eigenvalue weighted by Crippen LogP contribution is -2.33. The first-order valence-electron chi connectivity index (χ1n) is 11.4. The van der Waals surface area contributed by atoms with E-state index in [0.29, 0.717) is 28.9 Å². The number of amides is 1. The predicted octanol–water partition coefficient (Wildman–Crippen LogP) is 5.11. The molecule has 0 aliphatic carbocycles. The van der Waals surface area contributed by atoms with Gasteiger partial charge in [0.2, 0.25) is 0 Å². The van der Waals surface area contributed by atoms with Gasteiger partial charge in [0.25, 0.3) is 5.91 Å². The van der Waals surface area contributed by atoms with Crippen molar-refractivity contribution in [2.24, 2.45) is 0 Å². The number of imidazole rings is 1. The monoisotopic (exact) mass is 541 g/mol. The summed E-state index contributed by atoms with van der Waals surface area (Å²) in [4.78, 5) is 24.0. The van der Waals surface area contributed by atoms with Gasteiger partial charge in [-0.15, -0.1) is 0 Å². The van der Waals surface area contributed by atoms with Crippen molar-refractivity contribution >= 4 is 39.3 Å². The maximum absolute atomic E-state index is 13.4. The van der Waals surface area contributed by atoms with Crippen LogP contribution < -0.4 is 4.74 Å². The number of aromatic nitrogens is 3. The SMILES string of the molecule is CS(=N)(=O)c1ccc(-c2ccc3nc4n(c3c2)[C@H]2C[C@H]4N(CS)C(=O)c3cccc(OC(F)F)c32)cn1. The third-order valence-electron chi connectivity index (χ3n) is 6.88. The molecule has 2 aromatic heterocycles. The third kappa shape index (κ3) is 3.77. The molecule has 8 nitrogen and oxygen atoms in total. The lowest BCUT2D eigenvalue weighted by atomic mass is 9.97. The third-order valence-corrected chi connectivity index (χ3v) is 8.22. The topological polar surface area (TPSA) is 101 Å². The van der Waals surface area contributed by atoms with Crippen molar-refractivity contribution in [3.63, 3.8) is 0 Å². The average molecular weight is 542 g/mol. The molecule has 0 spiro atoms. The number of hydrogen-bond donors (Lipinski definition) is 2. The molecule has 1 N–H and O–H groups in total. The maximum atomic E-state index is 13.4. The molecule has 2 aliphatic rings. The number of fused-ring (bicyclic) bond motifs is 9. The zero-order valence-electron chi connectivity index (χ0n) is 19.5. The van der Waals surface area contributed by atoms with E-state index in [4.69, 9.17) is 14.5 Å². The van der Waals surface area contributed by atoms with E-state index in [9.17, 15) is 17.8 Å². The van der Waals surface area contributed by atoms with Gasteiger partial charge in [-0.3, -0.25) is 4.79 Å². The van der Waals surface area contributed by atoms with Crippen molar-refractivity contribution < 1.29 is 22.5 Å². The summed E-state index contributed by atoms with van der Waals surface area (Å²) in [7, 11) is -2.93. The van der Waals surface area contributed by atoms with Crippen molar-refractivity contribution in [2.75, 3.05) is 12.1 Å². The Hall–Kier alpha value is -3.51. The second-order valence-corrected chi connectivity index (χ2v) is 11.4.